The number of aromatic hydroxyl groups is 2. The van der Waals surface area contributed by atoms with Crippen molar-refractivity contribution >= 4 is 44.3 Å². The van der Waals surface area contributed by atoms with Crippen molar-refractivity contribution in [2.24, 2.45) is 0 Å². The third-order valence-corrected chi connectivity index (χ3v) is 12.0. The largest absolute Gasteiger partial charge is 0.508 e. The van der Waals surface area contributed by atoms with Crippen LogP contribution in [0.5, 0.6) is 11.5 Å². The van der Waals surface area contributed by atoms with Crippen molar-refractivity contribution in [3.63, 3.8) is 0 Å². The maximum Gasteiger partial charge on any atom is 0.121 e. The summed E-state index contributed by atoms with van der Waals surface area (Å²) in [5.41, 5.74) is 8.59. The molecule has 0 bridgehead atoms. The minimum Gasteiger partial charge on any atom is -0.508 e. The Morgan fingerprint density at radius 1 is 0.448 bits per heavy atom. The molecule has 0 aliphatic heterocycles. The predicted octanol–water partition coefficient (Wildman–Crippen LogP) is 11.7. The average Bonchev–Trinajstić information content (AvgIpc) is 3.26. The SMILES string of the molecule is CCN(CC)c1ccc(C2C(O)C(c3ccc(N(c4c(-c5ccccc5)ccc5ccccc45)c4c(-c5ccccc5)ccc5ccccc45)cc3O)C2O)c(O)c1. The topological polar surface area (TPSA) is 87.4 Å². The van der Waals surface area contributed by atoms with E-state index < -0.39 is 24.0 Å². The van der Waals surface area contributed by atoms with E-state index in [1.807, 2.05) is 66.7 Å². The highest BCUT2D eigenvalue weighted by Gasteiger charge is 2.52. The lowest BCUT2D eigenvalue weighted by molar-refractivity contribution is -0.0797. The number of nitrogens with zero attached hydrogens (tertiary/aromatic N) is 2. The van der Waals surface area contributed by atoms with Gasteiger partial charge in [-0.25, -0.2) is 0 Å². The minimum absolute atomic E-state index is 0.0341. The van der Waals surface area contributed by atoms with Crippen LogP contribution >= 0.6 is 0 Å². The van der Waals surface area contributed by atoms with Crippen LogP contribution in [0.3, 0.4) is 0 Å². The Hall–Kier alpha value is -6.60. The molecule has 2 unspecified atom stereocenters. The third-order valence-electron chi connectivity index (χ3n) is 12.0. The smallest absolute Gasteiger partial charge is 0.121 e. The van der Waals surface area contributed by atoms with E-state index in [0.29, 0.717) is 16.8 Å². The second kappa shape index (κ2) is 15.4. The second-order valence-corrected chi connectivity index (χ2v) is 15.1. The zero-order valence-electron chi connectivity index (χ0n) is 32.6. The first-order chi connectivity index (χ1) is 28.4. The lowest BCUT2D eigenvalue weighted by Crippen LogP contribution is -2.51. The molecule has 0 saturated heterocycles. The predicted molar refractivity (Wildman–Crippen MR) is 238 cm³/mol. The lowest BCUT2D eigenvalue weighted by Gasteiger charge is -2.47. The maximum atomic E-state index is 12.1. The van der Waals surface area contributed by atoms with Gasteiger partial charge in [-0.2, -0.15) is 0 Å². The summed E-state index contributed by atoms with van der Waals surface area (Å²) in [7, 11) is 0. The van der Waals surface area contributed by atoms with Crippen LogP contribution < -0.4 is 9.80 Å². The van der Waals surface area contributed by atoms with Gasteiger partial charge in [0.15, 0.2) is 0 Å². The van der Waals surface area contributed by atoms with Gasteiger partial charge in [0, 0.05) is 81.5 Å². The van der Waals surface area contributed by atoms with Gasteiger partial charge in [0.1, 0.15) is 11.5 Å². The van der Waals surface area contributed by atoms with Gasteiger partial charge in [0.2, 0.25) is 0 Å². The number of anilines is 4. The number of phenolic OH excluding ortho intramolecular Hbond substituents is 2. The molecule has 6 nitrogen and oxygen atoms in total. The van der Waals surface area contributed by atoms with E-state index in [0.717, 1.165) is 74.0 Å². The van der Waals surface area contributed by atoms with Gasteiger partial charge in [-0.3, -0.25) is 0 Å². The molecule has 0 amide bonds. The van der Waals surface area contributed by atoms with Crippen LogP contribution in [0.1, 0.15) is 36.8 Å². The molecule has 8 aromatic carbocycles. The Morgan fingerprint density at radius 2 is 0.862 bits per heavy atom. The molecule has 0 radical (unpaired) electrons. The van der Waals surface area contributed by atoms with Crippen molar-refractivity contribution in [1.82, 2.24) is 0 Å². The Kier molecular flexibility index (Phi) is 9.82. The Labute approximate surface area is 339 Å². The zero-order chi connectivity index (χ0) is 39.9. The van der Waals surface area contributed by atoms with Crippen LogP contribution in [0.15, 0.2) is 170 Å². The highest BCUT2D eigenvalue weighted by atomic mass is 16.3. The quantitative estimate of drug-likeness (QED) is 0.111. The molecule has 2 atom stereocenters. The van der Waals surface area contributed by atoms with E-state index in [2.05, 4.69) is 109 Å². The van der Waals surface area contributed by atoms with Crippen molar-refractivity contribution < 1.29 is 20.4 Å². The Bertz CT molecular complexity index is 2620. The maximum absolute atomic E-state index is 12.1. The van der Waals surface area contributed by atoms with E-state index in [4.69, 9.17) is 0 Å². The summed E-state index contributed by atoms with van der Waals surface area (Å²) in [6.07, 6.45) is -2.06. The molecule has 1 aliphatic rings. The molecule has 4 N–H and O–H groups in total. The van der Waals surface area contributed by atoms with Gasteiger partial charge < -0.3 is 30.2 Å². The fourth-order valence-electron chi connectivity index (χ4n) is 9.06. The van der Waals surface area contributed by atoms with E-state index in [-0.39, 0.29) is 11.5 Å². The van der Waals surface area contributed by atoms with Crippen molar-refractivity contribution in [2.45, 2.75) is 37.9 Å². The minimum atomic E-state index is -1.03. The summed E-state index contributed by atoms with van der Waals surface area (Å²) in [6, 6.07) is 57.1. The first kappa shape index (κ1) is 37.0. The second-order valence-electron chi connectivity index (χ2n) is 15.1. The number of benzene rings is 8. The Morgan fingerprint density at radius 3 is 1.31 bits per heavy atom. The number of hydrogen-bond acceptors (Lipinski definition) is 6. The van der Waals surface area contributed by atoms with Crippen molar-refractivity contribution in [2.75, 3.05) is 22.9 Å². The number of phenols is 2. The Balaban J connectivity index is 1.23. The van der Waals surface area contributed by atoms with Crippen LogP contribution in [-0.4, -0.2) is 45.7 Å². The van der Waals surface area contributed by atoms with Crippen molar-refractivity contribution in [1.29, 1.82) is 0 Å². The fraction of sp³-hybridized carbons (Fsp3) is 0.154. The van der Waals surface area contributed by atoms with E-state index in [1.165, 1.54) is 0 Å². The number of fused-ring (bicyclic) bond motifs is 2. The summed E-state index contributed by atoms with van der Waals surface area (Å²) >= 11 is 0. The van der Waals surface area contributed by atoms with E-state index >= 15 is 0 Å². The fourth-order valence-corrected chi connectivity index (χ4v) is 9.06. The zero-order valence-corrected chi connectivity index (χ0v) is 32.6. The van der Waals surface area contributed by atoms with Gasteiger partial charge >= 0.3 is 0 Å². The molecule has 0 spiro atoms. The monoisotopic (exact) mass is 762 g/mol. The summed E-state index contributed by atoms with van der Waals surface area (Å²) < 4.78 is 0. The third kappa shape index (κ3) is 6.31. The van der Waals surface area contributed by atoms with Gasteiger partial charge in [-0.05, 0) is 47.9 Å². The van der Waals surface area contributed by atoms with Gasteiger partial charge in [0.05, 0.1) is 23.6 Å². The molecule has 288 valence electrons. The molecule has 9 rings (SSSR count). The summed E-state index contributed by atoms with van der Waals surface area (Å²) in [6.45, 7) is 5.70. The normalized spacial score (nSPS) is 17.6. The van der Waals surface area contributed by atoms with Crippen LogP contribution in [0.4, 0.5) is 22.7 Å². The van der Waals surface area contributed by atoms with E-state index in [9.17, 15) is 20.4 Å². The first-order valence-electron chi connectivity index (χ1n) is 20.1. The number of aliphatic hydroxyl groups excluding tert-OH is 2. The highest BCUT2D eigenvalue weighted by Crippen LogP contribution is 2.55. The van der Waals surface area contributed by atoms with E-state index in [1.54, 1.807) is 18.2 Å². The lowest BCUT2D eigenvalue weighted by atomic mass is 9.63. The molecular weight excluding hydrogens is 717 g/mol. The van der Waals surface area contributed by atoms with Gasteiger partial charge in [-0.1, -0.05) is 146 Å². The van der Waals surface area contributed by atoms with Crippen molar-refractivity contribution in [3.05, 3.63) is 181 Å². The molecule has 1 saturated carbocycles. The standard InChI is InChI=1S/C52H46N2O4/c1-3-53(4-2)37-25-29-43(45(55)31-37)47-51(57)48(52(47)58)44-30-26-38(32-46(44)56)54(49-39-21-13-11-19-35(39)23-27-41(49)33-15-7-5-8-16-33)50-40-22-14-12-20-36(40)24-28-42(50)34-17-9-6-10-18-34/h5-32,47-48,51-52,55-58H,3-4H2,1-2H3. The van der Waals surface area contributed by atoms with Crippen molar-refractivity contribution in [3.8, 4) is 33.8 Å². The molecule has 0 heterocycles. The molecular formula is C52H46N2O4. The molecule has 8 aromatic rings. The summed E-state index contributed by atoms with van der Waals surface area (Å²) in [4.78, 5) is 4.40. The molecule has 1 aliphatic carbocycles. The number of hydrogen-bond donors (Lipinski definition) is 4. The van der Waals surface area contributed by atoms with Gasteiger partial charge in [0.25, 0.3) is 0 Å². The number of rotatable bonds is 10. The summed E-state index contributed by atoms with van der Waals surface area (Å²) in [5.74, 6) is -1.47. The van der Waals surface area contributed by atoms with Crippen LogP contribution in [0, 0.1) is 0 Å². The van der Waals surface area contributed by atoms with Gasteiger partial charge in [-0.15, -0.1) is 0 Å². The van der Waals surface area contributed by atoms with Crippen LogP contribution in [-0.2, 0) is 0 Å². The first-order valence-corrected chi connectivity index (χ1v) is 20.1. The molecule has 0 aromatic heterocycles. The molecule has 58 heavy (non-hydrogen) atoms. The van der Waals surface area contributed by atoms with Crippen LogP contribution in [0.2, 0.25) is 0 Å². The molecule has 1 fully saturated rings. The molecule has 6 heteroatoms. The number of aliphatic hydroxyl groups is 2. The summed E-state index contributed by atoms with van der Waals surface area (Å²) in [5, 5.41) is 50.7. The average molecular weight is 763 g/mol. The van der Waals surface area contributed by atoms with Crippen LogP contribution in [0.25, 0.3) is 43.8 Å². The highest BCUT2D eigenvalue weighted by molar-refractivity contribution is 6.12.